The van der Waals surface area contributed by atoms with Crippen molar-refractivity contribution in [3.8, 4) is 17.2 Å². The Bertz CT molecular complexity index is 885. The van der Waals surface area contributed by atoms with Gasteiger partial charge in [0.2, 0.25) is 5.91 Å². The number of halogens is 1. The quantitative estimate of drug-likeness (QED) is 0.609. The molecule has 1 fully saturated rings. The topological polar surface area (TPSA) is 88.1 Å². The maximum atomic E-state index is 12.6. The van der Waals surface area contributed by atoms with E-state index in [0.717, 1.165) is 12.8 Å². The number of phenolic OH excluding ortho intramolecular Hbond substituents is 1. The fraction of sp³-hybridized carbons (Fsp3) is 0.333. The van der Waals surface area contributed by atoms with Crippen molar-refractivity contribution >= 4 is 29.1 Å². The second-order valence-electron chi connectivity index (χ2n) is 6.72. The number of nitrogens with one attached hydrogen (secondary N) is 1. The Kier molecular flexibility index (Phi) is 6.82. The fourth-order valence-electron chi connectivity index (χ4n) is 2.90. The monoisotopic (exact) mass is 418 g/mol. The highest BCUT2D eigenvalue weighted by Crippen LogP contribution is 2.29. The third-order valence-electron chi connectivity index (χ3n) is 4.54. The van der Waals surface area contributed by atoms with E-state index in [0.29, 0.717) is 16.5 Å². The number of hydrogen-bond donors (Lipinski definition) is 2. The number of anilines is 1. The van der Waals surface area contributed by atoms with Gasteiger partial charge < -0.3 is 24.8 Å². The molecule has 0 atom stereocenters. The Hall–Kier alpha value is -2.93. The van der Waals surface area contributed by atoms with E-state index in [9.17, 15) is 14.7 Å². The first kappa shape index (κ1) is 20.8. The molecular weight excluding hydrogens is 396 g/mol. The maximum absolute atomic E-state index is 12.6. The van der Waals surface area contributed by atoms with Crippen LogP contribution in [0.15, 0.2) is 42.5 Å². The van der Waals surface area contributed by atoms with Gasteiger partial charge in [-0.05, 0) is 43.2 Å². The van der Waals surface area contributed by atoms with Crippen LogP contribution in [0, 0.1) is 0 Å². The Morgan fingerprint density at radius 3 is 2.62 bits per heavy atom. The average Bonchev–Trinajstić information content (AvgIpc) is 3.54. The van der Waals surface area contributed by atoms with E-state index in [-0.39, 0.29) is 48.9 Å². The summed E-state index contributed by atoms with van der Waals surface area (Å²) in [5.41, 5.74) is 0.242. The molecular formula is C21H23ClN2O5. The molecule has 29 heavy (non-hydrogen) atoms. The SMILES string of the molecule is COc1ccccc1OCC(=O)N(CCC(=O)Nc1cc(Cl)ccc1O)C1CC1. The van der Waals surface area contributed by atoms with Crippen LogP contribution in [0.1, 0.15) is 19.3 Å². The number of benzene rings is 2. The van der Waals surface area contributed by atoms with Crippen LogP contribution in [0.2, 0.25) is 5.02 Å². The standard InChI is InChI=1S/C21H23ClN2O5/c1-28-18-4-2-3-5-19(18)29-13-21(27)24(15-7-8-15)11-10-20(26)23-16-12-14(22)6-9-17(16)25/h2-6,9,12,15,25H,7-8,10-11,13H2,1H3,(H,23,26). The average molecular weight is 419 g/mol. The van der Waals surface area contributed by atoms with E-state index >= 15 is 0 Å². The first-order chi connectivity index (χ1) is 14.0. The van der Waals surface area contributed by atoms with Gasteiger partial charge in [-0.1, -0.05) is 23.7 Å². The van der Waals surface area contributed by atoms with Crippen molar-refractivity contribution in [2.24, 2.45) is 0 Å². The number of para-hydroxylation sites is 2. The third-order valence-corrected chi connectivity index (χ3v) is 4.78. The van der Waals surface area contributed by atoms with Crippen LogP contribution in [0.4, 0.5) is 5.69 Å². The van der Waals surface area contributed by atoms with Crippen LogP contribution >= 0.6 is 11.6 Å². The molecule has 0 aliphatic heterocycles. The number of phenols is 1. The van der Waals surface area contributed by atoms with Gasteiger partial charge in [-0.3, -0.25) is 9.59 Å². The molecule has 0 bridgehead atoms. The smallest absolute Gasteiger partial charge is 0.260 e. The van der Waals surface area contributed by atoms with E-state index in [2.05, 4.69) is 5.32 Å². The molecule has 0 radical (unpaired) electrons. The Morgan fingerprint density at radius 2 is 1.93 bits per heavy atom. The molecule has 2 aromatic carbocycles. The minimum atomic E-state index is -0.313. The van der Waals surface area contributed by atoms with Crippen LogP contribution in [0.3, 0.4) is 0 Å². The predicted molar refractivity (Wildman–Crippen MR) is 110 cm³/mol. The Balaban J connectivity index is 1.54. The Labute approximate surface area is 174 Å². The summed E-state index contributed by atoms with van der Waals surface area (Å²) in [6.07, 6.45) is 1.93. The van der Waals surface area contributed by atoms with Gasteiger partial charge >= 0.3 is 0 Å². The highest BCUT2D eigenvalue weighted by Gasteiger charge is 2.33. The number of nitrogens with zero attached hydrogens (tertiary/aromatic N) is 1. The largest absolute Gasteiger partial charge is 0.506 e. The van der Waals surface area contributed by atoms with Crippen molar-refractivity contribution in [3.05, 3.63) is 47.5 Å². The molecule has 1 aliphatic rings. The van der Waals surface area contributed by atoms with Gasteiger partial charge in [0.15, 0.2) is 18.1 Å². The summed E-state index contributed by atoms with van der Waals surface area (Å²) in [4.78, 5) is 26.6. The second kappa shape index (κ2) is 9.52. The molecule has 7 nitrogen and oxygen atoms in total. The van der Waals surface area contributed by atoms with Crippen molar-refractivity contribution in [2.75, 3.05) is 25.6 Å². The van der Waals surface area contributed by atoms with Crippen LogP contribution in [-0.2, 0) is 9.59 Å². The minimum absolute atomic E-state index is 0.0666. The third kappa shape index (κ3) is 5.77. The minimum Gasteiger partial charge on any atom is -0.506 e. The molecule has 1 aliphatic carbocycles. The summed E-state index contributed by atoms with van der Waals surface area (Å²) in [5.74, 6) is 0.485. The fourth-order valence-corrected chi connectivity index (χ4v) is 3.07. The molecule has 1 saturated carbocycles. The molecule has 0 saturated heterocycles. The summed E-state index contributed by atoms with van der Waals surface area (Å²) in [7, 11) is 1.54. The van der Waals surface area contributed by atoms with E-state index in [1.807, 2.05) is 6.07 Å². The predicted octanol–water partition coefficient (Wildman–Crippen LogP) is 3.45. The molecule has 8 heteroatoms. The van der Waals surface area contributed by atoms with Crippen molar-refractivity contribution in [1.82, 2.24) is 4.90 Å². The van der Waals surface area contributed by atoms with Crippen LogP contribution in [-0.4, -0.2) is 48.1 Å². The summed E-state index contributed by atoms with van der Waals surface area (Å²) in [6, 6.07) is 11.7. The highest BCUT2D eigenvalue weighted by atomic mass is 35.5. The molecule has 2 amide bonds. The first-order valence-corrected chi connectivity index (χ1v) is 9.69. The molecule has 2 aromatic rings. The van der Waals surface area contributed by atoms with Crippen molar-refractivity contribution < 1.29 is 24.2 Å². The van der Waals surface area contributed by atoms with Gasteiger partial charge in [0.1, 0.15) is 5.75 Å². The van der Waals surface area contributed by atoms with Gasteiger partial charge in [0.25, 0.3) is 5.91 Å². The summed E-state index contributed by atoms with van der Waals surface area (Å²) >= 11 is 5.89. The molecule has 0 aromatic heterocycles. The van der Waals surface area contributed by atoms with Gasteiger partial charge in [0.05, 0.1) is 12.8 Å². The van der Waals surface area contributed by atoms with E-state index < -0.39 is 0 Å². The van der Waals surface area contributed by atoms with E-state index in [4.69, 9.17) is 21.1 Å². The molecule has 0 heterocycles. The molecule has 154 valence electrons. The van der Waals surface area contributed by atoms with E-state index in [1.165, 1.54) is 25.3 Å². The number of amides is 2. The van der Waals surface area contributed by atoms with Crippen molar-refractivity contribution in [3.63, 3.8) is 0 Å². The molecule has 2 N–H and O–H groups in total. The van der Waals surface area contributed by atoms with Crippen LogP contribution in [0.25, 0.3) is 0 Å². The zero-order chi connectivity index (χ0) is 20.8. The number of rotatable bonds is 9. The number of carbonyl (C=O) groups is 2. The van der Waals surface area contributed by atoms with Crippen molar-refractivity contribution in [1.29, 1.82) is 0 Å². The van der Waals surface area contributed by atoms with Crippen molar-refractivity contribution in [2.45, 2.75) is 25.3 Å². The lowest BCUT2D eigenvalue weighted by Crippen LogP contribution is -2.38. The number of carbonyl (C=O) groups excluding carboxylic acids is 2. The summed E-state index contributed by atoms with van der Waals surface area (Å²) in [6.45, 7) is 0.138. The Morgan fingerprint density at radius 1 is 1.21 bits per heavy atom. The van der Waals surface area contributed by atoms with Crippen LogP contribution < -0.4 is 14.8 Å². The lowest BCUT2D eigenvalue weighted by molar-refractivity contribution is -0.134. The van der Waals surface area contributed by atoms with Gasteiger partial charge in [-0.25, -0.2) is 0 Å². The van der Waals surface area contributed by atoms with E-state index in [1.54, 1.807) is 23.1 Å². The lowest BCUT2D eigenvalue weighted by Gasteiger charge is -2.22. The summed E-state index contributed by atoms with van der Waals surface area (Å²) in [5, 5.41) is 12.8. The van der Waals surface area contributed by atoms with Gasteiger partial charge in [-0.2, -0.15) is 0 Å². The van der Waals surface area contributed by atoms with Crippen LogP contribution in [0.5, 0.6) is 17.2 Å². The second-order valence-corrected chi connectivity index (χ2v) is 7.15. The molecule has 0 unspecified atom stereocenters. The lowest BCUT2D eigenvalue weighted by atomic mass is 10.2. The molecule has 3 rings (SSSR count). The van der Waals surface area contributed by atoms with Gasteiger partial charge in [-0.15, -0.1) is 0 Å². The number of aromatic hydroxyl groups is 1. The number of methoxy groups -OCH3 is 1. The molecule has 0 spiro atoms. The maximum Gasteiger partial charge on any atom is 0.260 e. The number of ether oxygens (including phenoxy) is 2. The normalized spacial score (nSPS) is 12.9. The number of hydrogen-bond acceptors (Lipinski definition) is 5. The summed E-state index contributed by atoms with van der Waals surface area (Å²) < 4.78 is 10.8. The zero-order valence-electron chi connectivity index (χ0n) is 16.1. The highest BCUT2D eigenvalue weighted by molar-refractivity contribution is 6.31. The first-order valence-electron chi connectivity index (χ1n) is 9.31. The zero-order valence-corrected chi connectivity index (χ0v) is 16.8. The van der Waals surface area contributed by atoms with Gasteiger partial charge in [0, 0.05) is 24.0 Å².